The van der Waals surface area contributed by atoms with Crippen LogP contribution in [0.2, 0.25) is 0 Å². The molecule has 0 radical (unpaired) electrons. The van der Waals surface area contributed by atoms with Gasteiger partial charge in [0.1, 0.15) is 6.07 Å². The van der Waals surface area contributed by atoms with Crippen LogP contribution in [0.15, 0.2) is 29.2 Å². The molecule has 0 aromatic heterocycles. The van der Waals surface area contributed by atoms with E-state index in [4.69, 9.17) is 10.00 Å². The Morgan fingerprint density at radius 2 is 2.16 bits per heavy atom. The van der Waals surface area contributed by atoms with Crippen LogP contribution in [-0.2, 0) is 14.8 Å². The summed E-state index contributed by atoms with van der Waals surface area (Å²) in [7, 11) is -2.18. The van der Waals surface area contributed by atoms with Crippen molar-refractivity contribution in [1.82, 2.24) is 10.0 Å². The number of hydrogen-bond donors (Lipinski definition) is 2. The SMILES string of the molecule is CO[C@H]1CNCC1NS(=O)(=O)c1ccccc1C#N. The van der Waals surface area contributed by atoms with Gasteiger partial charge < -0.3 is 10.1 Å². The molecule has 1 aliphatic rings. The number of methoxy groups -OCH3 is 1. The molecule has 2 rings (SSSR count). The Morgan fingerprint density at radius 1 is 1.42 bits per heavy atom. The Bertz CT molecular complexity index is 594. The van der Waals surface area contributed by atoms with Crippen molar-refractivity contribution in [2.45, 2.75) is 17.0 Å². The van der Waals surface area contributed by atoms with Crippen LogP contribution in [0.4, 0.5) is 0 Å². The number of nitrogens with zero attached hydrogens (tertiary/aromatic N) is 1. The number of hydrogen-bond acceptors (Lipinski definition) is 5. The van der Waals surface area contributed by atoms with E-state index in [1.165, 1.54) is 12.1 Å². The van der Waals surface area contributed by atoms with Crippen LogP contribution in [-0.4, -0.2) is 40.8 Å². The highest BCUT2D eigenvalue weighted by atomic mass is 32.2. The zero-order valence-corrected chi connectivity index (χ0v) is 11.3. The van der Waals surface area contributed by atoms with Crippen molar-refractivity contribution in [3.8, 4) is 6.07 Å². The van der Waals surface area contributed by atoms with Crippen LogP contribution in [0.5, 0.6) is 0 Å². The van der Waals surface area contributed by atoms with Crippen LogP contribution in [0.1, 0.15) is 5.56 Å². The second-order valence-electron chi connectivity index (χ2n) is 4.27. The van der Waals surface area contributed by atoms with Gasteiger partial charge in [-0.1, -0.05) is 12.1 Å². The maximum atomic E-state index is 12.3. The van der Waals surface area contributed by atoms with Gasteiger partial charge >= 0.3 is 0 Å². The Labute approximate surface area is 112 Å². The van der Waals surface area contributed by atoms with E-state index >= 15 is 0 Å². The first-order valence-corrected chi connectivity index (χ1v) is 7.32. The Morgan fingerprint density at radius 3 is 2.84 bits per heavy atom. The number of nitriles is 1. The highest BCUT2D eigenvalue weighted by Gasteiger charge is 2.31. The first kappa shape index (κ1) is 14.0. The van der Waals surface area contributed by atoms with Crippen molar-refractivity contribution in [1.29, 1.82) is 5.26 Å². The van der Waals surface area contributed by atoms with Gasteiger partial charge in [0, 0.05) is 20.2 Å². The van der Waals surface area contributed by atoms with Crippen LogP contribution in [0, 0.1) is 11.3 Å². The van der Waals surface area contributed by atoms with Gasteiger partial charge in [-0.2, -0.15) is 5.26 Å². The van der Waals surface area contributed by atoms with Gasteiger partial charge in [-0.3, -0.25) is 0 Å². The molecule has 1 aromatic carbocycles. The molecule has 7 heteroatoms. The second-order valence-corrected chi connectivity index (χ2v) is 5.95. The van der Waals surface area contributed by atoms with E-state index in [0.717, 1.165) is 0 Å². The lowest BCUT2D eigenvalue weighted by atomic mass is 10.2. The number of benzene rings is 1. The first-order chi connectivity index (χ1) is 9.08. The first-order valence-electron chi connectivity index (χ1n) is 5.83. The number of ether oxygens (including phenoxy) is 1. The molecule has 2 atom stereocenters. The minimum absolute atomic E-state index is 0.000692. The molecule has 1 unspecified atom stereocenters. The maximum absolute atomic E-state index is 12.3. The molecule has 102 valence electrons. The van der Waals surface area contributed by atoms with Gasteiger partial charge in [-0.15, -0.1) is 0 Å². The van der Waals surface area contributed by atoms with E-state index in [0.29, 0.717) is 13.1 Å². The largest absolute Gasteiger partial charge is 0.378 e. The predicted octanol–water partition coefficient (Wildman–Crippen LogP) is -0.177. The molecular formula is C12H15N3O3S. The molecule has 1 heterocycles. The third-order valence-corrected chi connectivity index (χ3v) is 4.61. The number of nitrogens with one attached hydrogen (secondary N) is 2. The minimum atomic E-state index is -3.72. The average Bonchev–Trinajstić information content (AvgIpc) is 2.85. The Hall–Kier alpha value is -1.46. The third-order valence-electron chi connectivity index (χ3n) is 3.06. The van der Waals surface area contributed by atoms with Crippen molar-refractivity contribution in [3.05, 3.63) is 29.8 Å². The summed E-state index contributed by atoms with van der Waals surface area (Å²) >= 11 is 0. The molecule has 0 amide bonds. The number of sulfonamides is 1. The van der Waals surface area contributed by atoms with Gasteiger partial charge in [0.2, 0.25) is 10.0 Å². The number of rotatable bonds is 4. The molecule has 0 bridgehead atoms. The summed E-state index contributed by atoms with van der Waals surface area (Å²) in [5, 5.41) is 12.0. The van der Waals surface area contributed by atoms with Crippen LogP contribution < -0.4 is 10.0 Å². The van der Waals surface area contributed by atoms with E-state index in [1.807, 2.05) is 6.07 Å². The fourth-order valence-electron chi connectivity index (χ4n) is 2.08. The summed E-state index contributed by atoms with van der Waals surface area (Å²) in [5.41, 5.74) is 0.134. The molecule has 6 nitrogen and oxygen atoms in total. The fourth-order valence-corrected chi connectivity index (χ4v) is 3.50. The van der Waals surface area contributed by atoms with Crippen molar-refractivity contribution < 1.29 is 13.2 Å². The fraction of sp³-hybridized carbons (Fsp3) is 0.417. The topological polar surface area (TPSA) is 91.2 Å². The smallest absolute Gasteiger partial charge is 0.242 e. The van der Waals surface area contributed by atoms with E-state index in [9.17, 15) is 8.42 Å². The molecule has 1 fully saturated rings. The molecule has 0 saturated carbocycles. The zero-order valence-electron chi connectivity index (χ0n) is 10.5. The van der Waals surface area contributed by atoms with Crippen molar-refractivity contribution in [3.63, 3.8) is 0 Å². The highest BCUT2D eigenvalue weighted by Crippen LogP contribution is 2.16. The normalized spacial score (nSPS) is 23.2. The molecule has 1 aliphatic heterocycles. The highest BCUT2D eigenvalue weighted by molar-refractivity contribution is 7.89. The van der Waals surface area contributed by atoms with Gasteiger partial charge in [0.25, 0.3) is 0 Å². The Kier molecular flexibility index (Phi) is 4.17. The van der Waals surface area contributed by atoms with Gasteiger partial charge in [-0.25, -0.2) is 13.1 Å². The monoisotopic (exact) mass is 281 g/mol. The van der Waals surface area contributed by atoms with Gasteiger partial charge in [0.15, 0.2) is 0 Å². The molecule has 2 N–H and O–H groups in total. The molecule has 1 aromatic rings. The van der Waals surface area contributed by atoms with E-state index < -0.39 is 10.0 Å². The van der Waals surface area contributed by atoms with Crippen molar-refractivity contribution >= 4 is 10.0 Å². The molecule has 19 heavy (non-hydrogen) atoms. The molecule has 0 aliphatic carbocycles. The lowest BCUT2D eigenvalue weighted by molar-refractivity contribution is 0.103. The third kappa shape index (κ3) is 2.93. The zero-order chi connectivity index (χ0) is 13.9. The summed E-state index contributed by atoms with van der Waals surface area (Å²) in [6.07, 6.45) is -0.205. The van der Waals surface area contributed by atoms with E-state index in [1.54, 1.807) is 19.2 Å². The van der Waals surface area contributed by atoms with Crippen LogP contribution in [0.3, 0.4) is 0 Å². The second kappa shape index (κ2) is 5.67. The van der Waals surface area contributed by atoms with Gasteiger partial charge in [0.05, 0.1) is 22.6 Å². The van der Waals surface area contributed by atoms with E-state index in [-0.39, 0.29) is 22.6 Å². The van der Waals surface area contributed by atoms with Crippen molar-refractivity contribution in [2.75, 3.05) is 20.2 Å². The molecular weight excluding hydrogens is 266 g/mol. The van der Waals surface area contributed by atoms with E-state index in [2.05, 4.69) is 10.0 Å². The molecule has 1 saturated heterocycles. The Balaban J connectivity index is 2.26. The summed E-state index contributed by atoms with van der Waals surface area (Å²) in [4.78, 5) is -0.000692. The summed E-state index contributed by atoms with van der Waals surface area (Å²) < 4.78 is 32.4. The maximum Gasteiger partial charge on any atom is 0.242 e. The average molecular weight is 281 g/mol. The van der Waals surface area contributed by atoms with Crippen molar-refractivity contribution in [2.24, 2.45) is 0 Å². The van der Waals surface area contributed by atoms with Crippen LogP contribution in [0.25, 0.3) is 0 Å². The quantitative estimate of drug-likeness (QED) is 0.799. The predicted molar refractivity (Wildman–Crippen MR) is 68.9 cm³/mol. The summed E-state index contributed by atoms with van der Waals surface area (Å²) in [6.45, 7) is 1.11. The lowest BCUT2D eigenvalue weighted by Gasteiger charge is -2.18. The summed E-state index contributed by atoms with van der Waals surface area (Å²) in [5.74, 6) is 0. The minimum Gasteiger partial charge on any atom is -0.378 e. The van der Waals surface area contributed by atoms with Crippen LogP contribution >= 0.6 is 0 Å². The molecule has 0 spiro atoms. The lowest BCUT2D eigenvalue weighted by Crippen LogP contribution is -2.43. The summed E-state index contributed by atoms with van der Waals surface area (Å²) in [6, 6.07) is 7.68. The standard InChI is InChI=1S/C12H15N3O3S/c1-18-11-8-14-7-10(11)15-19(16,17)12-5-3-2-4-9(12)6-13/h2-5,10-11,14-15H,7-8H2,1H3/t10?,11-/m0/s1. The van der Waals surface area contributed by atoms with Gasteiger partial charge in [-0.05, 0) is 12.1 Å².